The van der Waals surface area contributed by atoms with E-state index in [0.717, 1.165) is 11.9 Å². The van der Waals surface area contributed by atoms with Crippen LogP contribution in [0.4, 0.5) is 0 Å². The number of hydrogen-bond donors (Lipinski definition) is 0. The fraction of sp³-hybridized carbons (Fsp3) is 0.182. The van der Waals surface area contributed by atoms with Gasteiger partial charge in [-0.2, -0.15) is 0 Å². The molecule has 0 unspecified atom stereocenters. The predicted octanol–water partition coefficient (Wildman–Crippen LogP) is 3.22. The van der Waals surface area contributed by atoms with Gasteiger partial charge in [0.05, 0.1) is 0 Å². The monoisotopic (exact) mass is 444 g/mol. The van der Waals surface area contributed by atoms with Crippen molar-refractivity contribution in [3.63, 3.8) is 0 Å². The number of carbonyl (C=O) groups is 1. The molecule has 3 heterocycles. The molecule has 7 heteroatoms. The molecule has 1 nitrogen and oxygen atoms in total. The normalized spacial score (nSPS) is 22.4. The summed E-state index contributed by atoms with van der Waals surface area (Å²) in [7, 11) is 0. The molecule has 3 aliphatic heterocycles. The van der Waals surface area contributed by atoms with E-state index in [9.17, 15) is 4.79 Å². The molecule has 0 fully saturated rings. The summed E-state index contributed by atoms with van der Waals surface area (Å²) in [5.41, 5.74) is 0.935. The molecular weight excluding hydrogens is 434 g/mol. The van der Waals surface area contributed by atoms with Gasteiger partial charge < -0.3 is 0 Å². The van der Waals surface area contributed by atoms with Crippen molar-refractivity contribution >= 4 is 83.2 Å². The summed E-state index contributed by atoms with van der Waals surface area (Å²) in [6, 6.07) is 0. The summed E-state index contributed by atoms with van der Waals surface area (Å²) in [5.74, 6) is 2.42. The molecule has 18 heavy (non-hydrogen) atoms. The fourth-order valence-electron chi connectivity index (χ4n) is 1.40. The van der Waals surface area contributed by atoms with Crippen LogP contribution in [0.2, 0.25) is 0 Å². The van der Waals surface area contributed by atoms with E-state index < -0.39 is 0 Å². The van der Waals surface area contributed by atoms with Crippen molar-refractivity contribution in [2.45, 2.75) is 0 Å². The Morgan fingerprint density at radius 3 is 2.28 bits per heavy atom. The zero-order valence-corrected chi connectivity index (χ0v) is 15.8. The Kier molecular flexibility index (Phi) is 5.21. The van der Waals surface area contributed by atoms with Crippen LogP contribution < -0.4 is 0 Å². The van der Waals surface area contributed by atoms with Crippen LogP contribution in [0.5, 0.6) is 0 Å². The molecule has 0 aromatic carbocycles. The Morgan fingerprint density at radius 2 is 1.72 bits per heavy atom. The molecule has 0 aromatic rings. The van der Waals surface area contributed by atoms with E-state index in [-0.39, 0.29) is 0 Å². The second-order valence-electron chi connectivity index (χ2n) is 3.31. The Balaban J connectivity index is 1.78. The van der Waals surface area contributed by atoms with Crippen LogP contribution in [-0.4, -0.2) is 47.7 Å². The van der Waals surface area contributed by atoms with Crippen molar-refractivity contribution in [3.8, 4) is 0 Å². The number of rotatable bonds is 2. The number of hydrogen-bond acceptors (Lipinski definition) is 5. The zero-order valence-electron chi connectivity index (χ0n) is 9.08. The molecule has 0 N–H and O–H groups in total. The van der Waals surface area contributed by atoms with Gasteiger partial charge in [0.1, 0.15) is 0 Å². The quantitative estimate of drug-likeness (QED) is 0.370. The third-order valence-corrected chi connectivity index (χ3v) is 13.8. The summed E-state index contributed by atoms with van der Waals surface area (Å²) in [4.78, 5) is 15.7. The Labute approximate surface area is 136 Å². The maximum atomic E-state index is 11.2. The molecule has 0 spiro atoms. The summed E-state index contributed by atoms with van der Waals surface area (Å²) in [5, 5.41) is 0. The van der Waals surface area contributed by atoms with Gasteiger partial charge >= 0.3 is 137 Å². The van der Waals surface area contributed by atoms with Crippen molar-refractivity contribution < 1.29 is 4.79 Å². The number of aldehydes is 1. The van der Waals surface area contributed by atoms with Crippen molar-refractivity contribution in [2.75, 3.05) is 11.5 Å². The molecule has 0 saturated carbocycles. The third kappa shape index (κ3) is 3.21. The average Bonchev–Trinajstić information content (AvgIpc) is 3.04. The van der Waals surface area contributed by atoms with Crippen LogP contribution >= 0.6 is 47.0 Å². The van der Waals surface area contributed by atoms with Gasteiger partial charge in [-0.15, -0.1) is 0 Å². The zero-order chi connectivity index (χ0) is 12.4. The molecule has 3 rings (SSSR count). The van der Waals surface area contributed by atoms with Crippen LogP contribution in [0.3, 0.4) is 0 Å². The Hall–Kier alpha value is 1.07. The second-order valence-corrected chi connectivity index (χ2v) is 13.6. The first-order chi connectivity index (χ1) is 8.86. The van der Waals surface area contributed by atoms with Gasteiger partial charge in [0.2, 0.25) is 0 Å². The predicted molar refractivity (Wildman–Crippen MR) is 88.9 cm³/mol. The molecule has 0 bridgehead atoms. The van der Waals surface area contributed by atoms with Gasteiger partial charge in [-0.3, -0.25) is 0 Å². The molecule has 0 amide bonds. The molecule has 0 radical (unpaired) electrons. The van der Waals surface area contributed by atoms with Crippen molar-refractivity contribution in [1.29, 1.82) is 0 Å². The van der Waals surface area contributed by atoms with E-state index in [2.05, 4.69) is 16.0 Å². The van der Waals surface area contributed by atoms with Gasteiger partial charge in [-0.05, 0) is 0 Å². The van der Waals surface area contributed by atoms with Crippen LogP contribution in [0, 0.1) is 0 Å². The van der Waals surface area contributed by atoms with Crippen LogP contribution in [0.15, 0.2) is 37.7 Å². The molecule has 0 aromatic heterocycles. The summed E-state index contributed by atoms with van der Waals surface area (Å²) in [6.45, 7) is 0. The van der Waals surface area contributed by atoms with Gasteiger partial charge in [-0.1, -0.05) is 0 Å². The number of thioether (sulfide) groups is 4. The van der Waals surface area contributed by atoms with E-state index in [0.29, 0.717) is 29.9 Å². The minimum absolute atomic E-state index is 0.414. The first-order valence-corrected chi connectivity index (χ1v) is 12.4. The van der Waals surface area contributed by atoms with Gasteiger partial charge in [0.25, 0.3) is 0 Å². The van der Waals surface area contributed by atoms with Gasteiger partial charge in [-0.25, -0.2) is 0 Å². The van der Waals surface area contributed by atoms with E-state index in [1.807, 2.05) is 47.0 Å². The molecule has 94 valence electrons. The van der Waals surface area contributed by atoms with Crippen molar-refractivity contribution in [2.24, 2.45) is 0 Å². The SMILES string of the molecule is O=CC(C=C1SC2=C(SCCS2)S1)=C1[Se]C=C[Se]1. The first-order valence-electron chi connectivity index (χ1n) is 5.12. The topological polar surface area (TPSA) is 17.1 Å². The maximum absolute atomic E-state index is 11.2. The van der Waals surface area contributed by atoms with E-state index in [4.69, 9.17) is 0 Å². The molecular formula is C11H8OS4Se2. The number of allylic oxidation sites excluding steroid dienone is 2. The summed E-state index contributed by atoms with van der Waals surface area (Å²) in [6.07, 6.45) is 3.14. The Morgan fingerprint density at radius 1 is 1.11 bits per heavy atom. The first kappa shape index (κ1) is 14.0. The van der Waals surface area contributed by atoms with E-state index >= 15 is 0 Å². The molecule has 0 aliphatic carbocycles. The minimum atomic E-state index is 0.414. The van der Waals surface area contributed by atoms with E-state index in [1.54, 1.807) is 0 Å². The standard InChI is InChI=1S/C11H8OS4Se2/c12-6-7(11-17-3-4-18-11)5-8-15-9-10(16-8)14-2-1-13-9/h3-6H,1-2H2. The summed E-state index contributed by atoms with van der Waals surface area (Å²) >= 11 is 8.43. The van der Waals surface area contributed by atoms with Crippen LogP contribution in [0.1, 0.15) is 0 Å². The van der Waals surface area contributed by atoms with E-state index in [1.165, 1.54) is 27.6 Å². The van der Waals surface area contributed by atoms with Crippen LogP contribution in [0.25, 0.3) is 0 Å². The third-order valence-electron chi connectivity index (χ3n) is 2.14. The van der Waals surface area contributed by atoms with Crippen LogP contribution in [-0.2, 0) is 4.79 Å². The average molecular weight is 442 g/mol. The Bertz CT molecular complexity index is 477. The van der Waals surface area contributed by atoms with Gasteiger partial charge in [0, 0.05) is 0 Å². The second kappa shape index (κ2) is 6.68. The molecule has 3 aliphatic rings. The summed E-state index contributed by atoms with van der Waals surface area (Å²) < 4.78 is 5.54. The van der Waals surface area contributed by atoms with Crippen molar-refractivity contribution in [1.82, 2.24) is 0 Å². The molecule has 0 atom stereocenters. The van der Waals surface area contributed by atoms with Gasteiger partial charge in [0.15, 0.2) is 0 Å². The fourth-order valence-corrected chi connectivity index (χ4v) is 12.2. The number of carbonyl (C=O) groups excluding carboxylic acids is 1. The molecule has 0 saturated heterocycles. The van der Waals surface area contributed by atoms with Crippen molar-refractivity contribution in [3.05, 3.63) is 37.7 Å².